The molecule has 2 aromatic carbocycles. The van der Waals surface area contributed by atoms with Gasteiger partial charge in [0.05, 0.1) is 30.1 Å². The molecule has 2 heterocycles. The zero-order chi connectivity index (χ0) is 22.5. The van der Waals surface area contributed by atoms with Gasteiger partial charge in [0.2, 0.25) is 11.9 Å². The average Bonchev–Trinajstić information content (AvgIpc) is 2.82. The topological polar surface area (TPSA) is 79.4 Å². The second-order valence-electron chi connectivity index (χ2n) is 7.05. The Balaban J connectivity index is 1.59. The number of carbonyl (C=O) groups is 1. The van der Waals surface area contributed by atoms with E-state index >= 15 is 0 Å². The van der Waals surface area contributed by atoms with E-state index in [9.17, 15) is 9.18 Å². The van der Waals surface area contributed by atoms with Gasteiger partial charge in [0.1, 0.15) is 5.69 Å². The van der Waals surface area contributed by atoms with E-state index in [0.29, 0.717) is 29.5 Å². The lowest BCUT2D eigenvalue weighted by Crippen LogP contribution is -2.36. The molecular weight excluding hydrogens is 433 g/mol. The van der Waals surface area contributed by atoms with Crippen molar-refractivity contribution in [2.45, 2.75) is 0 Å². The summed E-state index contributed by atoms with van der Waals surface area (Å²) in [5.41, 5.74) is 2.72. The van der Waals surface area contributed by atoms with Gasteiger partial charge in [-0.1, -0.05) is 30.3 Å². The van der Waals surface area contributed by atoms with Crippen LogP contribution < -0.4 is 15.5 Å². The molecule has 1 aromatic heterocycles. The number of ether oxygens (including phenoxy) is 1. The molecule has 3 aromatic rings. The van der Waals surface area contributed by atoms with Crippen molar-refractivity contribution in [1.29, 1.82) is 0 Å². The molecule has 0 radical (unpaired) electrons. The summed E-state index contributed by atoms with van der Waals surface area (Å²) in [6.07, 6.45) is 2.27. The Morgan fingerprint density at radius 3 is 2.78 bits per heavy atom. The van der Waals surface area contributed by atoms with Gasteiger partial charge in [0.15, 0.2) is 5.82 Å². The highest BCUT2D eigenvalue weighted by atomic mass is 35.5. The van der Waals surface area contributed by atoms with E-state index < -0.39 is 5.82 Å². The Bertz CT molecular complexity index is 1150. The summed E-state index contributed by atoms with van der Waals surface area (Å²) in [5, 5.41) is 6.40. The van der Waals surface area contributed by atoms with Crippen LogP contribution in [0.25, 0.3) is 11.3 Å². The molecule has 1 aliphatic heterocycles. The molecule has 9 heteroatoms. The van der Waals surface area contributed by atoms with E-state index in [0.717, 1.165) is 36.7 Å². The fourth-order valence-electron chi connectivity index (χ4n) is 3.33. The fraction of sp³-hybridized carbons (Fsp3) is 0.174. The van der Waals surface area contributed by atoms with E-state index in [1.165, 1.54) is 0 Å². The van der Waals surface area contributed by atoms with Crippen LogP contribution in [0.5, 0.6) is 0 Å². The predicted octanol–water partition coefficient (Wildman–Crippen LogP) is 4.64. The maximum Gasteiger partial charge on any atom is 0.247 e. The summed E-state index contributed by atoms with van der Waals surface area (Å²) < 4.78 is 19.9. The van der Waals surface area contributed by atoms with Crippen LogP contribution in [-0.2, 0) is 9.53 Å². The number of halogens is 2. The highest BCUT2D eigenvalue weighted by molar-refractivity contribution is 6.33. The molecular formula is C23H21ClFN5O2. The van der Waals surface area contributed by atoms with Crippen LogP contribution in [0.3, 0.4) is 0 Å². The normalized spacial score (nSPS) is 13.5. The smallest absolute Gasteiger partial charge is 0.247 e. The van der Waals surface area contributed by atoms with Crippen molar-refractivity contribution in [3.63, 3.8) is 0 Å². The van der Waals surface area contributed by atoms with E-state index in [4.69, 9.17) is 16.3 Å². The molecule has 1 amide bonds. The monoisotopic (exact) mass is 453 g/mol. The number of rotatable bonds is 6. The summed E-state index contributed by atoms with van der Waals surface area (Å²) >= 11 is 6.39. The minimum absolute atomic E-state index is 0.111. The van der Waals surface area contributed by atoms with Crippen molar-refractivity contribution >= 4 is 40.5 Å². The molecule has 32 heavy (non-hydrogen) atoms. The van der Waals surface area contributed by atoms with E-state index in [2.05, 4.69) is 32.1 Å². The van der Waals surface area contributed by atoms with Crippen LogP contribution in [0.1, 0.15) is 0 Å². The lowest BCUT2D eigenvalue weighted by atomic mass is 10.1. The van der Waals surface area contributed by atoms with Crippen molar-refractivity contribution in [2.75, 3.05) is 41.8 Å². The van der Waals surface area contributed by atoms with Gasteiger partial charge in [0.25, 0.3) is 0 Å². The number of benzene rings is 2. The predicted molar refractivity (Wildman–Crippen MR) is 124 cm³/mol. The van der Waals surface area contributed by atoms with E-state index in [1.54, 1.807) is 30.3 Å². The van der Waals surface area contributed by atoms with Gasteiger partial charge in [0, 0.05) is 30.0 Å². The number of nitrogens with one attached hydrogen (secondary N) is 2. The van der Waals surface area contributed by atoms with Crippen LogP contribution >= 0.6 is 11.6 Å². The SMILES string of the molecule is C=CC(=O)Nc1cccc(-c2nc(Nc3ccc(Cl)c(N4CCOCC4)c3)ncc2F)c1. The van der Waals surface area contributed by atoms with Gasteiger partial charge in [-0.3, -0.25) is 4.79 Å². The number of morpholine rings is 1. The molecule has 0 saturated carbocycles. The molecule has 7 nitrogen and oxygen atoms in total. The van der Waals surface area contributed by atoms with Crippen LogP contribution in [0.15, 0.2) is 61.3 Å². The Labute approximate surface area is 189 Å². The van der Waals surface area contributed by atoms with Crippen molar-refractivity contribution < 1.29 is 13.9 Å². The highest BCUT2D eigenvalue weighted by Gasteiger charge is 2.16. The average molecular weight is 454 g/mol. The molecule has 0 atom stereocenters. The lowest BCUT2D eigenvalue weighted by molar-refractivity contribution is -0.111. The highest BCUT2D eigenvalue weighted by Crippen LogP contribution is 2.31. The molecule has 2 N–H and O–H groups in total. The first-order chi connectivity index (χ1) is 15.5. The molecule has 1 fully saturated rings. The number of carbonyl (C=O) groups excluding carboxylic acids is 1. The standard InChI is InChI=1S/C23H21ClFN5O2/c1-2-21(31)27-16-5-3-4-15(12-16)22-19(25)14-26-23(29-22)28-17-6-7-18(24)20(13-17)30-8-10-32-11-9-30/h2-7,12-14H,1,8-11H2,(H,27,31)(H,26,28,29). The van der Waals surface area contributed by atoms with Crippen molar-refractivity contribution in [2.24, 2.45) is 0 Å². The van der Waals surface area contributed by atoms with Gasteiger partial charge >= 0.3 is 0 Å². The number of nitrogens with zero attached hydrogens (tertiary/aromatic N) is 3. The van der Waals surface area contributed by atoms with Gasteiger partial charge < -0.3 is 20.3 Å². The third-order valence-corrected chi connectivity index (χ3v) is 5.21. The number of hydrogen-bond donors (Lipinski definition) is 2. The summed E-state index contributed by atoms with van der Waals surface area (Å²) in [5.74, 6) is -0.698. The maximum atomic E-state index is 14.5. The fourth-order valence-corrected chi connectivity index (χ4v) is 3.57. The van der Waals surface area contributed by atoms with Gasteiger partial charge in [-0.05, 0) is 36.4 Å². The third kappa shape index (κ3) is 5.04. The first-order valence-corrected chi connectivity index (χ1v) is 10.4. The van der Waals surface area contributed by atoms with Crippen LogP contribution in [0.4, 0.5) is 27.4 Å². The van der Waals surface area contributed by atoms with Gasteiger partial charge in [-0.15, -0.1) is 0 Å². The molecule has 1 aliphatic rings. The molecule has 4 rings (SSSR count). The number of anilines is 4. The van der Waals surface area contributed by atoms with E-state index in [-0.39, 0.29) is 17.5 Å². The number of hydrogen-bond acceptors (Lipinski definition) is 6. The summed E-state index contributed by atoms with van der Waals surface area (Å²) in [4.78, 5) is 22.1. The summed E-state index contributed by atoms with van der Waals surface area (Å²) in [6, 6.07) is 12.3. The van der Waals surface area contributed by atoms with Crippen molar-refractivity contribution in [3.05, 3.63) is 72.2 Å². The maximum absolute atomic E-state index is 14.5. The Morgan fingerprint density at radius 2 is 2.00 bits per heavy atom. The quantitative estimate of drug-likeness (QED) is 0.529. The molecule has 0 spiro atoms. The van der Waals surface area contributed by atoms with Crippen LogP contribution in [0, 0.1) is 5.82 Å². The minimum Gasteiger partial charge on any atom is -0.378 e. The van der Waals surface area contributed by atoms with Crippen molar-refractivity contribution in [1.82, 2.24) is 9.97 Å². The van der Waals surface area contributed by atoms with Crippen LogP contribution in [0.2, 0.25) is 5.02 Å². The number of aromatic nitrogens is 2. The number of amides is 1. The second kappa shape index (κ2) is 9.76. The third-order valence-electron chi connectivity index (χ3n) is 4.89. The lowest BCUT2D eigenvalue weighted by Gasteiger charge is -2.29. The van der Waals surface area contributed by atoms with Crippen molar-refractivity contribution in [3.8, 4) is 11.3 Å². The molecule has 0 unspecified atom stereocenters. The minimum atomic E-state index is -0.576. The second-order valence-corrected chi connectivity index (χ2v) is 7.46. The first-order valence-electron chi connectivity index (χ1n) is 9.99. The van der Waals surface area contributed by atoms with E-state index in [1.807, 2.05) is 12.1 Å². The Kier molecular flexibility index (Phi) is 6.63. The van der Waals surface area contributed by atoms with Gasteiger partial charge in [-0.25, -0.2) is 14.4 Å². The van der Waals surface area contributed by atoms with Crippen LogP contribution in [-0.4, -0.2) is 42.2 Å². The zero-order valence-electron chi connectivity index (χ0n) is 17.1. The van der Waals surface area contributed by atoms with Gasteiger partial charge in [-0.2, -0.15) is 0 Å². The molecule has 1 saturated heterocycles. The molecule has 164 valence electrons. The zero-order valence-corrected chi connectivity index (χ0v) is 17.9. The summed E-state index contributed by atoms with van der Waals surface area (Å²) in [7, 11) is 0. The first kappa shape index (κ1) is 21.7. The summed E-state index contributed by atoms with van der Waals surface area (Å²) in [6.45, 7) is 6.21. The Hall–Kier alpha value is -3.49. The largest absolute Gasteiger partial charge is 0.378 e. The Morgan fingerprint density at radius 1 is 1.19 bits per heavy atom. The molecule has 0 aliphatic carbocycles. The molecule has 0 bridgehead atoms.